The Morgan fingerprint density at radius 2 is 2.08 bits per heavy atom. The second kappa shape index (κ2) is 6.44. The van der Waals surface area contributed by atoms with Crippen LogP contribution in [0.4, 0.5) is 4.79 Å². The molecular weight excluding hydrogens is 382 g/mol. The number of aromatic nitrogens is 1. The summed E-state index contributed by atoms with van der Waals surface area (Å²) in [6.07, 6.45) is 0. The molecule has 1 aromatic carbocycles. The molecule has 0 saturated carbocycles. The van der Waals surface area contributed by atoms with Crippen LogP contribution in [0.3, 0.4) is 0 Å². The fraction of sp³-hybridized carbons (Fsp3) is 0.200. The molecule has 3 rings (SSSR count). The predicted octanol–water partition coefficient (Wildman–Crippen LogP) is 0.999. The number of pyridine rings is 1. The van der Waals surface area contributed by atoms with Crippen molar-refractivity contribution in [3.63, 3.8) is 0 Å². The number of esters is 1. The van der Waals surface area contributed by atoms with Gasteiger partial charge in [-0.3, -0.25) is 14.5 Å². The van der Waals surface area contributed by atoms with Gasteiger partial charge in [0.15, 0.2) is 6.61 Å². The first-order valence-corrected chi connectivity index (χ1v) is 7.83. The van der Waals surface area contributed by atoms with Gasteiger partial charge in [-0.25, -0.2) is 9.59 Å². The van der Waals surface area contributed by atoms with Crippen molar-refractivity contribution in [2.75, 3.05) is 19.7 Å². The Hall–Kier alpha value is -2.68. The molecule has 124 valence electrons. The van der Waals surface area contributed by atoms with Gasteiger partial charge in [0.25, 0.3) is 5.91 Å². The lowest BCUT2D eigenvalue weighted by Crippen LogP contribution is -2.37. The van der Waals surface area contributed by atoms with Crippen molar-refractivity contribution in [1.82, 2.24) is 15.2 Å². The van der Waals surface area contributed by atoms with Gasteiger partial charge in [-0.05, 0) is 22.0 Å². The van der Waals surface area contributed by atoms with Crippen LogP contribution in [0.2, 0.25) is 0 Å². The molecule has 0 unspecified atom stereocenters. The van der Waals surface area contributed by atoms with Crippen molar-refractivity contribution in [2.45, 2.75) is 0 Å². The molecule has 0 atom stereocenters. The second-order valence-electron chi connectivity index (χ2n) is 5.06. The van der Waals surface area contributed by atoms with Crippen LogP contribution < -0.4 is 10.9 Å². The largest absolute Gasteiger partial charge is 0.452 e. The molecule has 1 aliphatic heterocycles. The highest BCUT2D eigenvalue weighted by Crippen LogP contribution is 2.23. The zero-order valence-corrected chi connectivity index (χ0v) is 13.9. The van der Waals surface area contributed by atoms with E-state index in [9.17, 15) is 19.2 Å². The minimum Gasteiger partial charge on any atom is -0.452 e. The molecule has 0 spiro atoms. The molecule has 9 heteroatoms. The highest BCUT2D eigenvalue weighted by molar-refractivity contribution is 9.10. The van der Waals surface area contributed by atoms with E-state index in [2.05, 4.69) is 26.2 Å². The highest BCUT2D eigenvalue weighted by atomic mass is 79.9. The molecule has 24 heavy (non-hydrogen) atoms. The summed E-state index contributed by atoms with van der Waals surface area (Å²) in [7, 11) is 0. The van der Waals surface area contributed by atoms with Crippen LogP contribution in [-0.4, -0.2) is 47.5 Å². The summed E-state index contributed by atoms with van der Waals surface area (Å²) in [6.45, 7) is 0.0237. The van der Waals surface area contributed by atoms with E-state index in [4.69, 9.17) is 4.74 Å². The summed E-state index contributed by atoms with van der Waals surface area (Å²) < 4.78 is 5.60. The van der Waals surface area contributed by atoms with Crippen LogP contribution in [0, 0.1) is 0 Å². The number of aromatic amines is 1. The normalized spacial score (nSPS) is 13.9. The molecule has 1 fully saturated rings. The third-order valence-electron chi connectivity index (χ3n) is 3.53. The zero-order chi connectivity index (χ0) is 17.3. The molecule has 2 aromatic rings. The molecule has 0 bridgehead atoms. The molecule has 0 radical (unpaired) electrons. The van der Waals surface area contributed by atoms with Crippen molar-refractivity contribution in [3.05, 3.63) is 44.7 Å². The topological polar surface area (TPSA) is 109 Å². The molecule has 3 amide bonds. The number of fused-ring (bicyclic) bond motifs is 1. The van der Waals surface area contributed by atoms with E-state index in [1.165, 1.54) is 0 Å². The summed E-state index contributed by atoms with van der Waals surface area (Å²) in [5.41, 5.74) is 0.0440. The molecule has 1 saturated heterocycles. The number of hydrogen-bond donors (Lipinski definition) is 2. The lowest BCUT2D eigenvalue weighted by molar-refractivity contribution is -0.130. The third-order valence-corrected chi connectivity index (χ3v) is 4.19. The molecule has 8 nitrogen and oxygen atoms in total. The maximum atomic E-state index is 12.3. The Kier molecular flexibility index (Phi) is 4.34. The van der Waals surface area contributed by atoms with Crippen LogP contribution in [0.15, 0.2) is 33.5 Å². The van der Waals surface area contributed by atoms with Crippen molar-refractivity contribution in [3.8, 4) is 0 Å². The number of nitrogens with zero attached hydrogens (tertiary/aromatic N) is 1. The number of H-pyrrole nitrogens is 1. The molecule has 1 aliphatic rings. The van der Waals surface area contributed by atoms with Gasteiger partial charge in [-0.15, -0.1) is 0 Å². The average Bonchev–Trinajstić information content (AvgIpc) is 2.98. The number of nitrogens with one attached hydrogen (secondary N) is 2. The molecule has 2 N–H and O–H groups in total. The number of benzene rings is 1. The highest BCUT2D eigenvalue weighted by Gasteiger charge is 2.27. The Morgan fingerprint density at radius 3 is 2.79 bits per heavy atom. The monoisotopic (exact) mass is 393 g/mol. The van der Waals surface area contributed by atoms with Gasteiger partial charge in [0.2, 0.25) is 5.56 Å². The van der Waals surface area contributed by atoms with Gasteiger partial charge in [-0.1, -0.05) is 12.1 Å². The van der Waals surface area contributed by atoms with E-state index in [1.807, 2.05) is 0 Å². The van der Waals surface area contributed by atoms with Gasteiger partial charge in [0.1, 0.15) is 0 Å². The number of imide groups is 1. The number of urea groups is 1. The zero-order valence-electron chi connectivity index (χ0n) is 12.3. The minimum absolute atomic E-state index is 0.0497. The van der Waals surface area contributed by atoms with E-state index in [0.29, 0.717) is 21.9 Å². The van der Waals surface area contributed by atoms with Crippen LogP contribution in [0.25, 0.3) is 10.9 Å². The number of carbonyl (C=O) groups is 3. The van der Waals surface area contributed by atoms with Gasteiger partial charge in [0.05, 0.1) is 11.1 Å². The van der Waals surface area contributed by atoms with Gasteiger partial charge < -0.3 is 15.0 Å². The number of halogens is 1. The van der Waals surface area contributed by atoms with Crippen molar-refractivity contribution in [1.29, 1.82) is 0 Å². The maximum Gasteiger partial charge on any atom is 0.339 e. The summed E-state index contributed by atoms with van der Waals surface area (Å²) in [5.74, 6) is -1.43. The van der Waals surface area contributed by atoms with E-state index in [0.717, 1.165) is 11.0 Å². The SMILES string of the molecule is O=C(OCC(=O)N1CCNC1=O)c1cc(=O)[nH]c2c(Br)cccc12. The summed E-state index contributed by atoms with van der Waals surface area (Å²) in [6, 6.07) is 5.69. The number of ether oxygens (including phenoxy) is 1. The fourth-order valence-electron chi connectivity index (χ4n) is 2.41. The first kappa shape index (κ1) is 16.2. The number of hydrogen-bond acceptors (Lipinski definition) is 5. The van der Waals surface area contributed by atoms with Crippen LogP contribution >= 0.6 is 15.9 Å². The third kappa shape index (κ3) is 3.02. The lowest BCUT2D eigenvalue weighted by Gasteiger charge is -2.12. The summed E-state index contributed by atoms with van der Waals surface area (Å²) in [4.78, 5) is 50.9. The summed E-state index contributed by atoms with van der Waals surface area (Å²) in [5, 5.41) is 2.97. The van der Waals surface area contributed by atoms with E-state index in [1.54, 1.807) is 18.2 Å². The predicted molar refractivity (Wildman–Crippen MR) is 87.7 cm³/mol. The summed E-state index contributed by atoms with van der Waals surface area (Å²) >= 11 is 3.30. The molecular formula is C15H12BrN3O5. The van der Waals surface area contributed by atoms with Crippen LogP contribution in [0.5, 0.6) is 0 Å². The first-order chi connectivity index (χ1) is 11.5. The average molecular weight is 394 g/mol. The Labute approximate surface area is 143 Å². The van der Waals surface area contributed by atoms with E-state index >= 15 is 0 Å². The maximum absolute atomic E-state index is 12.3. The molecule has 0 aliphatic carbocycles. The number of amides is 3. The van der Waals surface area contributed by atoms with Crippen molar-refractivity contribution >= 4 is 44.7 Å². The van der Waals surface area contributed by atoms with Crippen molar-refractivity contribution in [2.24, 2.45) is 0 Å². The quantitative estimate of drug-likeness (QED) is 0.756. The fourth-order valence-corrected chi connectivity index (χ4v) is 2.87. The smallest absolute Gasteiger partial charge is 0.339 e. The first-order valence-electron chi connectivity index (χ1n) is 7.04. The number of carbonyl (C=O) groups excluding carboxylic acids is 3. The van der Waals surface area contributed by atoms with Crippen LogP contribution in [0.1, 0.15) is 10.4 Å². The van der Waals surface area contributed by atoms with Gasteiger partial charge in [0, 0.05) is 29.0 Å². The Morgan fingerprint density at radius 1 is 1.29 bits per heavy atom. The van der Waals surface area contributed by atoms with E-state index in [-0.39, 0.29) is 12.1 Å². The van der Waals surface area contributed by atoms with Crippen LogP contribution in [-0.2, 0) is 9.53 Å². The molecule has 2 heterocycles. The lowest BCUT2D eigenvalue weighted by atomic mass is 10.1. The minimum atomic E-state index is -0.808. The number of para-hydroxylation sites is 1. The Balaban J connectivity index is 1.82. The molecule has 1 aromatic heterocycles. The number of rotatable bonds is 3. The Bertz CT molecular complexity index is 908. The van der Waals surface area contributed by atoms with Gasteiger partial charge >= 0.3 is 12.0 Å². The second-order valence-corrected chi connectivity index (χ2v) is 5.92. The van der Waals surface area contributed by atoms with Crippen molar-refractivity contribution < 1.29 is 19.1 Å². The standard InChI is InChI=1S/C15H12BrN3O5/c16-10-3-1-2-8-9(6-11(20)18-13(8)10)14(22)24-7-12(21)19-5-4-17-15(19)23/h1-3,6H,4-5,7H2,(H,17,23)(H,18,20). The van der Waals surface area contributed by atoms with E-state index < -0.39 is 30.1 Å². The van der Waals surface area contributed by atoms with Gasteiger partial charge in [-0.2, -0.15) is 0 Å².